The maximum Gasteiger partial charge on any atom is 0.182 e. The van der Waals surface area contributed by atoms with Crippen LogP contribution >= 0.6 is 47.0 Å². The Bertz CT molecular complexity index is 836. The van der Waals surface area contributed by atoms with Gasteiger partial charge in [0, 0.05) is 0 Å². The molecule has 3 rings (SSSR count). The van der Waals surface area contributed by atoms with Crippen LogP contribution in [0.1, 0.15) is 0 Å². The van der Waals surface area contributed by atoms with Crippen LogP contribution in [0.25, 0.3) is 16.7 Å². The Labute approximate surface area is 129 Å². The van der Waals surface area contributed by atoms with Crippen molar-refractivity contribution in [2.24, 2.45) is 0 Å². The number of H-pyrrole nitrogens is 1. The Morgan fingerprint density at radius 2 is 1.74 bits per heavy atom. The lowest BCUT2D eigenvalue weighted by Crippen LogP contribution is -1.94. The van der Waals surface area contributed by atoms with Gasteiger partial charge in [0.1, 0.15) is 0 Å². The van der Waals surface area contributed by atoms with Crippen LogP contribution in [0.2, 0.25) is 15.1 Å². The first kappa shape index (κ1) is 13.0. The molecular formula is C13H7Cl3N2S. The molecule has 0 saturated carbocycles. The smallest absolute Gasteiger partial charge is 0.182 e. The molecule has 0 bridgehead atoms. The molecule has 2 nitrogen and oxygen atoms in total. The van der Waals surface area contributed by atoms with Gasteiger partial charge in [-0.2, -0.15) is 0 Å². The van der Waals surface area contributed by atoms with Crippen molar-refractivity contribution in [3.05, 3.63) is 56.2 Å². The Balaban J connectivity index is 2.39. The number of nitrogens with zero attached hydrogens (tertiary/aromatic N) is 1. The van der Waals surface area contributed by atoms with E-state index < -0.39 is 0 Å². The van der Waals surface area contributed by atoms with E-state index in [1.165, 1.54) is 0 Å². The molecule has 0 atom stereocenters. The Hall–Kier alpha value is -1.000. The number of nitrogens with one attached hydrogen (secondary N) is 1. The van der Waals surface area contributed by atoms with Gasteiger partial charge in [-0.1, -0.05) is 40.9 Å². The molecule has 0 aliphatic heterocycles. The van der Waals surface area contributed by atoms with E-state index in [1.807, 2.05) is 28.8 Å². The van der Waals surface area contributed by atoms with Gasteiger partial charge in [0.15, 0.2) is 4.77 Å². The second kappa shape index (κ2) is 4.84. The number of imidazole rings is 1. The van der Waals surface area contributed by atoms with E-state index in [0.29, 0.717) is 19.8 Å². The average molecular weight is 330 g/mol. The molecule has 96 valence electrons. The van der Waals surface area contributed by atoms with Crippen molar-refractivity contribution in [3.8, 4) is 5.69 Å². The van der Waals surface area contributed by atoms with Gasteiger partial charge >= 0.3 is 0 Å². The van der Waals surface area contributed by atoms with Crippen LogP contribution in [0, 0.1) is 4.77 Å². The van der Waals surface area contributed by atoms with Crippen LogP contribution in [0.15, 0.2) is 36.4 Å². The number of aromatic amines is 1. The molecule has 0 radical (unpaired) electrons. The van der Waals surface area contributed by atoms with E-state index >= 15 is 0 Å². The molecule has 0 spiro atoms. The summed E-state index contributed by atoms with van der Waals surface area (Å²) in [6.45, 7) is 0. The largest absolute Gasteiger partial charge is 0.330 e. The molecule has 19 heavy (non-hydrogen) atoms. The summed E-state index contributed by atoms with van der Waals surface area (Å²) >= 11 is 23.6. The van der Waals surface area contributed by atoms with Crippen molar-refractivity contribution in [1.82, 2.24) is 9.55 Å². The molecule has 2 aromatic carbocycles. The van der Waals surface area contributed by atoms with Crippen LogP contribution in [-0.4, -0.2) is 9.55 Å². The number of fused-ring (bicyclic) bond motifs is 1. The molecule has 1 N–H and O–H groups in total. The Morgan fingerprint density at radius 3 is 2.47 bits per heavy atom. The molecule has 3 aromatic rings. The standard InChI is InChI=1S/C13H7Cl3N2S/c14-8-5-4-7(6-10(8)16)18-12-9(15)2-1-3-11(12)17-13(18)19/h1-6H,(H,17,19). The topological polar surface area (TPSA) is 20.7 Å². The third kappa shape index (κ3) is 2.17. The number of benzene rings is 2. The number of hydrogen-bond acceptors (Lipinski definition) is 1. The molecule has 0 aliphatic carbocycles. The zero-order valence-corrected chi connectivity index (χ0v) is 12.5. The SMILES string of the molecule is S=c1[nH]c2cccc(Cl)c2n1-c1ccc(Cl)c(Cl)c1. The molecular weight excluding hydrogens is 323 g/mol. The van der Waals surface area contributed by atoms with Gasteiger partial charge in [-0.15, -0.1) is 0 Å². The lowest BCUT2D eigenvalue weighted by Gasteiger charge is -2.07. The zero-order valence-electron chi connectivity index (χ0n) is 9.45. The molecule has 0 unspecified atom stereocenters. The highest BCUT2D eigenvalue weighted by Gasteiger charge is 2.10. The monoisotopic (exact) mass is 328 g/mol. The van der Waals surface area contributed by atoms with Gasteiger partial charge in [-0.3, -0.25) is 4.57 Å². The fourth-order valence-corrected chi connectivity index (χ4v) is 2.84. The second-order valence-electron chi connectivity index (χ2n) is 4.00. The summed E-state index contributed by atoms with van der Waals surface area (Å²) in [5, 5.41) is 1.60. The molecule has 0 amide bonds. The molecule has 0 fully saturated rings. The van der Waals surface area contributed by atoms with E-state index in [4.69, 9.17) is 47.0 Å². The summed E-state index contributed by atoms with van der Waals surface area (Å²) in [4.78, 5) is 3.12. The number of hydrogen-bond donors (Lipinski definition) is 1. The number of aromatic nitrogens is 2. The van der Waals surface area contributed by atoms with Gasteiger partial charge < -0.3 is 4.98 Å². The first-order chi connectivity index (χ1) is 9.08. The van der Waals surface area contributed by atoms with Gasteiger partial charge in [0.25, 0.3) is 0 Å². The average Bonchev–Trinajstić information content (AvgIpc) is 2.70. The van der Waals surface area contributed by atoms with Crippen LogP contribution < -0.4 is 0 Å². The summed E-state index contributed by atoms with van der Waals surface area (Å²) in [6.07, 6.45) is 0. The molecule has 6 heteroatoms. The first-order valence-electron chi connectivity index (χ1n) is 5.42. The highest BCUT2D eigenvalue weighted by atomic mass is 35.5. The Morgan fingerprint density at radius 1 is 0.947 bits per heavy atom. The molecule has 0 saturated heterocycles. The third-order valence-corrected chi connectivity index (χ3v) is 4.15. The summed E-state index contributed by atoms with van der Waals surface area (Å²) in [5.41, 5.74) is 2.52. The lowest BCUT2D eigenvalue weighted by molar-refractivity contribution is 1.07. The normalized spacial score (nSPS) is 11.1. The quantitative estimate of drug-likeness (QED) is 0.572. The maximum absolute atomic E-state index is 6.25. The van der Waals surface area contributed by atoms with Crippen molar-refractivity contribution >= 4 is 58.1 Å². The van der Waals surface area contributed by atoms with Crippen molar-refractivity contribution < 1.29 is 0 Å². The fraction of sp³-hybridized carbons (Fsp3) is 0. The highest BCUT2D eigenvalue weighted by molar-refractivity contribution is 7.71. The molecule has 0 aliphatic rings. The minimum absolute atomic E-state index is 0.475. The zero-order chi connectivity index (χ0) is 13.6. The van der Waals surface area contributed by atoms with Gasteiger partial charge in [0.05, 0.1) is 31.8 Å². The van der Waals surface area contributed by atoms with Gasteiger partial charge in [-0.25, -0.2) is 0 Å². The van der Waals surface area contributed by atoms with Crippen molar-refractivity contribution in [2.45, 2.75) is 0 Å². The van der Waals surface area contributed by atoms with E-state index in [2.05, 4.69) is 4.98 Å². The van der Waals surface area contributed by atoms with Crippen LogP contribution in [-0.2, 0) is 0 Å². The predicted octanol–water partition coefficient (Wildman–Crippen LogP) is 5.65. The first-order valence-corrected chi connectivity index (χ1v) is 6.97. The van der Waals surface area contributed by atoms with Crippen molar-refractivity contribution in [3.63, 3.8) is 0 Å². The minimum atomic E-state index is 0.475. The fourth-order valence-electron chi connectivity index (χ4n) is 1.99. The van der Waals surface area contributed by atoms with Gasteiger partial charge in [-0.05, 0) is 42.5 Å². The lowest BCUT2D eigenvalue weighted by atomic mass is 10.3. The maximum atomic E-state index is 6.25. The van der Waals surface area contributed by atoms with Gasteiger partial charge in [0.2, 0.25) is 0 Å². The number of rotatable bonds is 1. The van der Waals surface area contributed by atoms with E-state index in [0.717, 1.165) is 16.7 Å². The summed E-state index contributed by atoms with van der Waals surface area (Å²) in [7, 11) is 0. The van der Waals surface area contributed by atoms with Crippen LogP contribution in [0.5, 0.6) is 0 Å². The van der Waals surface area contributed by atoms with E-state index in [1.54, 1.807) is 12.1 Å². The van der Waals surface area contributed by atoms with Crippen molar-refractivity contribution in [2.75, 3.05) is 0 Å². The summed E-state index contributed by atoms with van der Waals surface area (Å²) in [5.74, 6) is 0. The Kier molecular flexibility index (Phi) is 3.31. The molecule has 1 heterocycles. The predicted molar refractivity (Wildman–Crippen MR) is 83.5 cm³/mol. The minimum Gasteiger partial charge on any atom is -0.330 e. The van der Waals surface area contributed by atoms with E-state index in [-0.39, 0.29) is 0 Å². The van der Waals surface area contributed by atoms with Crippen LogP contribution in [0.4, 0.5) is 0 Å². The third-order valence-electron chi connectivity index (χ3n) is 2.82. The number of para-hydroxylation sites is 1. The summed E-state index contributed by atoms with van der Waals surface area (Å²) < 4.78 is 2.40. The van der Waals surface area contributed by atoms with Crippen molar-refractivity contribution in [1.29, 1.82) is 0 Å². The molecule has 1 aromatic heterocycles. The van der Waals surface area contributed by atoms with Crippen LogP contribution in [0.3, 0.4) is 0 Å². The second-order valence-corrected chi connectivity index (χ2v) is 5.61. The van der Waals surface area contributed by atoms with E-state index in [9.17, 15) is 0 Å². The number of halogens is 3. The highest BCUT2D eigenvalue weighted by Crippen LogP contribution is 2.29. The summed E-state index contributed by atoms with van der Waals surface area (Å²) in [6, 6.07) is 11.0.